The number of methoxy groups -OCH3 is 1. The molecule has 1 amide bonds. The summed E-state index contributed by atoms with van der Waals surface area (Å²) in [6, 6.07) is 30.3. The molecule has 0 bridgehead atoms. The van der Waals surface area contributed by atoms with E-state index in [1.807, 2.05) is 78.2 Å². The number of carbonyl (C=O) groups excluding carboxylic acids is 1. The van der Waals surface area contributed by atoms with Gasteiger partial charge in [-0.1, -0.05) is 72.3 Å². The van der Waals surface area contributed by atoms with Crippen LogP contribution in [0.4, 0.5) is 10.8 Å². The van der Waals surface area contributed by atoms with E-state index in [0.717, 1.165) is 27.6 Å². The number of halogens is 1. The molecule has 0 aliphatic heterocycles. The van der Waals surface area contributed by atoms with E-state index >= 15 is 0 Å². The SMILES string of the molecule is COc1cc(/C=N\NC(=O)c2ccc(-c3csc(Nc4ccccc4)n3)cc2)cc(Cl)c1OCc1ccccc1. The molecule has 4 aromatic carbocycles. The first kappa shape index (κ1) is 26.9. The summed E-state index contributed by atoms with van der Waals surface area (Å²) < 4.78 is 11.4. The first-order valence-corrected chi connectivity index (χ1v) is 13.6. The van der Waals surface area contributed by atoms with E-state index in [-0.39, 0.29) is 5.91 Å². The Balaban J connectivity index is 1.19. The number of benzene rings is 4. The van der Waals surface area contributed by atoms with Gasteiger partial charge in [0.25, 0.3) is 5.91 Å². The van der Waals surface area contributed by atoms with Crippen LogP contribution < -0.4 is 20.2 Å². The molecule has 7 nitrogen and oxygen atoms in total. The molecule has 5 aromatic rings. The van der Waals surface area contributed by atoms with Crippen LogP contribution in [-0.2, 0) is 6.61 Å². The molecule has 0 saturated carbocycles. The molecule has 1 heterocycles. The quantitative estimate of drug-likeness (QED) is 0.134. The van der Waals surface area contributed by atoms with Gasteiger partial charge in [0, 0.05) is 22.2 Å². The number of amides is 1. The van der Waals surface area contributed by atoms with E-state index in [1.165, 1.54) is 17.6 Å². The van der Waals surface area contributed by atoms with Gasteiger partial charge in [-0.2, -0.15) is 5.10 Å². The molecule has 0 fully saturated rings. The zero-order chi connectivity index (χ0) is 27.7. The summed E-state index contributed by atoms with van der Waals surface area (Å²) in [6.07, 6.45) is 1.50. The summed E-state index contributed by atoms with van der Waals surface area (Å²) in [5.74, 6) is 0.571. The normalized spacial score (nSPS) is 10.8. The Labute approximate surface area is 241 Å². The Kier molecular flexibility index (Phi) is 8.70. The van der Waals surface area contributed by atoms with Gasteiger partial charge in [0.05, 0.1) is 24.0 Å². The van der Waals surface area contributed by atoms with Crippen LogP contribution in [-0.4, -0.2) is 24.2 Å². The van der Waals surface area contributed by atoms with Crippen molar-refractivity contribution >= 4 is 45.9 Å². The average Bonchev–Trinajstić information content (AvgIpc) is 3.46. The number of nitrogens with one attached hydrogen (secondary N) is 2. The lowest BCUT2D eigenvalue weighted by atomic mass is 10.1. The summed E-state index contributed by atoms with van der Waals surface area (Å²) in [6.45, 7) is 0.355. The van der Waals surface area contributed by atoms with Gasteiger partial charge >= 0.3 is 0 Å². The summed E-state index contributed by atoms with van der Waals surface area (Å²) in [7, 11) is 1.54. The van der Waals surface area contributed by atoms with Crippen LogP contribution >= 0.6 is 22.9 Å². The fourth-order valence-corrected chi connectivity index (χ4v) is 4.83. The molecule has 0 aliphatic rings. The van der Waals surface area contributed by atoms with Gasteiger partial charge in [0.15, 0.2) is 16.6 Å². The van der Waals surface area contributed by atoms with E-state index in [2.05, 4.69) is 20.8 Å². The zero-order valence-corrected chi connectivity index (χ0v) is 23.1. The molecule has 0 aliphatic carbocycles. The van der Waals surface area contributed by atoms with Crippen molar-refractivity contribution in [2.24, 2.45) is 5.10 Å². The van der Waals surface area contributed by atoms with Crippen LogP contribution in [0.3, 0.4) is 0 Å². The molecule has 0 saturated heterocycles. The molecule has 0 unspecified atom stereocenters. The van der Waals surface area contributed by atoms with Gasteiger partial charge < -0.3 is 14.8 Å². The van der Waals surface area contributed by atoms with Crippen LogP contribution in [0.15, 0.2) is 108 Å². The fraction of sp³-hybridized carbons (Fsp3) is 0.0645. The summed E-state index contributed by atoms with van der Waals surface area (Å²) in [5.41, 5.74) is 7.39. The van der Waals surface area contributed by atoms with Crippen molar-refractivity contribution in [2.45, 2.75) is 6.61 Å². The van der Waals surface area contributed by atoms with Crippen LogP contribution in [0.1, 0.15) is 21.5 Å². The second kappa shape index (κ2) is 12.9. The van der Waals surface area contributed by atoms with Crippen LogP contribution in [0.2, 0.25) is 5.02 Å². The molecule has 9 heteroatoms. The molecule has 0 atom stereocenters. The fourth-order valence-electron chi connectivity index (χ4n) is 3.82. The zero-order valence-electron chi connectivity index (χ0n) is 21.5. The lowest BCUT2D eigenvalue weighted by Gasteiger charge is -2.13. The van der Waals surface area contributed by atoms with Crippen molar-refractivity contribution in [3.8, 4) is 22.8 Å². The number of carbonyl (C=O) groups is 1. The maximum Gasteiger partial charge on any atom is 0.271 e. The summed E-state index contributed by atoms with van der Waals surface area (Å²) >= 11 is 7.98. The monoisotopic (exact) mass is 568 g/mol. The first-order valence-electron chi connectivity index (χ1n) is 12.3. The maximum absolute atomic E-state index is 12.6. The van der Waals surface area contributed by atoms with Crippen molar-refractivity contribution in [1.29, 1.82) is 0 Å². The third-order valence-electron chi connectivity index (χ3n) is 5.83. The third-order valence-corrected chi connectivity index (χ3v) is 6.87. The number of anilines is 2. The van der Waals surface area contributed by atoms with Gasteiger partial charge in [0.1, 0.15) is 6.61 Å². The molecular weight excluding hydrogens is 544 g/mol. The predicted octanol–water partition coefficient (Wildman–Crippen LogP) is 7.56. The number of nitrogens with zero attached hydrogens (tertiary/aromatic N) is 2. The average molecular weight is 569 g/mol. The lowest BCUT2D eigenvalue weighted by Crippen LogP contribution is -2.17. The lowest BCUT2D eigenvalue weighted by molar-refractivity contribution is 0.0955. The van der Waals surface area contributed by atoms with Crippen molar-refractivity contribution in [1.82, 2.24) is 10.4 Å². The number of hydrogen-bond acceptors (Lipinski definition) is 7. The standard InChI is InChI=1S/C31H25ClN4O3S/c1-38-28-17-22(16-26(32)29(28)39-19-21-8-4-2-5-9-21)18-33-36-30(37)24-14-12-23(13-15-24)27-20-40-31(35-27)34-25-10-6-3-7-11-25/h2-18,20H,19H2,1H3,(H,34,35)(H,36,37)/b33-18-. The molecule has 0 spiro atoms. The van der Waals surface area contributed by atoms with Gasteiger partial charge in [-0.3, -0.25) is 4.79 Å². The Morgan fingerprint density at radius 2 is 1.73 bits per heavy atom. The number of aromatic nitrogens is 1. The number of hydrogen-bond donors (Lipinski definition) is 2. The van der Waals surface area contributed by atoms with Crippen LogP contribution in [0.5, 0.6) is 11.5 Å². The first-order chi connectivity index (χ1) is 19.6. The molecule has 1 aromatic heterocycles. The topological polar surface area (TPSA) is 84.8 Å². The number of ether oxygens (including phenoxy) is 2. The Morgan fingerprint density at radius 3 is 2.45 bits per heavy atom. The maximum atomic E-state index is 12.6. The molecule has 5 rings (SSSR count). The second-order valence-corrected chi connectivity index (χ2v) is 9.88. The van der Waals surface area contributed by atoms with Crippen LogP contribution in [0, 0.1) is 0 Å². The Morgan fingerprint density at radius 1 is 1.00 bits per heavy atom. The number of para-hydroxylation sites is 1. The van der Waals surface area contributed by atoms with Gasteiger partial charge in [-0.25, -0.2) is 10.4 Å². The van der Waals surface area contributed by atoms with Crippen molar-refractivity contribution < 1.29 is 14.3 Å². The minimum absolute atomic E-state index is 0.339. The largest absolute Gasteiger partial charge is 0.493 e. The highest BCUT2D eigenvalue weighted by molar-refractivity contribution is 7.14. The second-order valence-electron chi connectivity index (χ2n) is 8.61. The van der Waals surface area contributed by atoms with Crippen molar-refractivity contribution in [3.05, 3.63) is 124 Å². The van der Waals surface area contributed by atoms with Gasteiger partial charge in [0.2, 0.25) is 0 Å². The van der Waals surface area contributed by atoms with Gasteiger partial charge in [-0.05, 0) is 47.5 Å². The van der Waals surface area contributed by atoms with Gasteiger partial charge in [-0.15, -0.1) is 11.3 Å². The van der Waals surface area contributed by atoms with E-state index in [9.17, 15) is 4.79 Å². The molecule has 2 N–H and O–H groups in total. The Bertz CT molecular complexity index is 1610. The number of thiazole rings is 1. The third kappa shape index (κ3) is 6.85. The van der Waals surface area contributed by atoms with E-state index < -0.39 is 0 Å². The number of hydrazone groups is 1. The van der Waals surface area contributed by atoms with Crippen molar-refractivity contribution in [2.75, 3.05) is 12.4 Å². The van der Waals surface area contributed by atoms with E-state index in [4.69, 9.17) is 21.1 Å². The highest BCUT2D eigenvalue weighted by Gasteiger charge is 2.12. The minimum atomic E-state index is -0.339. The summed E-state index contributed by atoms with van der Waals surface area (Å²) in [5, 5.41) is 10.5. The minimum Gasteiger partial charge on any atom is -0.493 e. The smallest absolute Gasteiger partial charge is 0.271 e. The van der Waals surface area contributed by atoms with Crippen LogP contribution in [0.25, 0.3) is 11.3 Å². The molecule has 40 heavy (non-hydrogen) atoms. The molecular formula is C31H25ClN4O3S. The van der Waals surface area contributed by atoms with Crippen molar-refractivity contribution in [3.63, 3.8) is 0 Å². The number of rotatable bonds is 10. The molecule has 0 radical (unpaired) electrons. The summed E-state index contributed by atoms with van der Waals surface area (Å²) in [4.78, 5) is 17.3. The van der Waals surface area contributed by atoms with E-state index in [0.29, 0.717) is 34.3 Å². The Hall–Kier alpha value is -4.66. The predicted molar refractivity (Wildman–Crippen MR) is 161 cm³/mol. The van der Waals surface area contributed by atoms with E-state index in [1.54, 1.807) is 31.4 Å². The highest BCUT2D eigenvalue weighted by Crippen LogP contribution is 2.36. The highest BCUT2D eigenvalue weighted by atomic mass is 35.5. The molecule has 200 valence electrons.